The largest absolute Gasteiger partial charge is 0.341 e. The number of nitrogens with zero attached hydrogens (tertiary/aromatic N) is 2. The summed E-state index contributed by atoms with van der Waals surface area (Å²) in [6.45, 7) is 1.32. The Morgan fingerprint density at radius 3 is 2.37 bits per heavy atom. The topological polar surface area (TPSA) is 40.6 Å². The molecule has 1 saturated heterocycles. The fourth-order valence-corrected chi connectivity index (χ4v) is 5.45. The Kier molecular flexibility index (Phi) is 6.21. The summed E-state index contributed by atoms with van der Waals surface area (Å²) < 4.78 is 0. The number of rotatable bonds is 6. The van der Waals surface area contributed by atoms with Crippen LogP contribution in [0, 0.1) is 5.41 Å². The fraction of sp³-hybridized carbons (Fsp3) is 0.462. The normalized spacial score (nSPS) is 23.7. The SMILES string of the molecule is CN(Cc1ccccc1)C(=O)[C@@]12CCCC[C@H]1N(CCc1ccccc1)C(=O)CC2. The van der Waals surface area contributed by atoms with Crippen molar-refractivity contribution in [2.45, 2.75) is 57.5 Å². The summed E-state index contributed by atoms with van der Waals surface area (Å²) in [6, 6.07) is 20.5. The van der Waals surface area contributed by atoms with Crippen LogP contribution in [0.25, 0.3) is 0 Å². The van der Waals surface area contributed by atoms with E-state index in [0.717, 1.165) is 37.7 Å². The number of piperidine rings is 1. The number of carbonyl (C=O) groups is 2. The van der Waals surface area contributed by atoms with Gasteiger partial charge in [-0.25, -0.2) is 0 Å². The van der Waals surface area contributed by atoms with Gasteiger partial charge in [0.15, 0.2) is 0 Å². The summed E-state index contributed by atoms with van der Waals surface area (Å²) in [5, 5.41) is 0. The molecular weight excluding hydrogens is 372 g/mol. The molecule has 2 fully saturated rings. The highest BCUT2D eigenvalue weighted by atomic mass is 16.2. The van der Waals surface area contributed by atoms with Crippen LogP contribution in [0.3, 0.4) is 0 Å². The van der Waals surface area contributed by atoms with E-state index in [1.807, 2.05) is 53.2 Å². The van der Waals surface area contributed by atoms with Gasteiger partial charge in [0, 0.05) is 32.6 Å². The molecule has 1 saturated carbocycles. The van der Waals surface area contributed by atoms with Crippen molar-refractivity contribution in [1.82, 2.24) is 9.80 Å². The molecule has 30 heavy (non-hydrogen) atoms. The zero-order chi connectivity index (χ0) is 21.0. The molecule has 0 radical (unpaired) electrons. The van der Waals surface area contributed by atoms with Crippen LogP contribution in [0.15, 0.2) is 60.7 Å². The van der Waals surface area contributed by atoms with E-state index in [9.17, 15) is 9.59 Å². The van der Waals surface area contributed by atoms with E-state index in [0.29, 0.717) is 25.9 Å². The molecular formula is C26H32N2O2. The van der Waals surface area contributed by atoms with E-state index >= 15 is 0 Å². The van der Waals surface area contributed by atoms with Crippen LogP contribution < -0.4 is 0 Å². The third kappa shape index (κ3) is 4.14. The number of hydrogen-bond acceptors (Lipinski definition) is 2. The van der Waals surface area contributed by atoms with Crippen LogP contribution in [0.5, 0.6) is 0 Å². The minimum atomic E-state index is -0.424. The van der Waals surface area contributed by atoms with Gasteiger partial charge < -0.3 is 9.80 Å². The Morgan fingerprint density at radius 2 is 1.67 bits per heavy atom. The van der Waals surface area contributed by atoms with Crippen LogP contribution >= 0.6 is 0 Å². The van der Waals surface area contributed by atoms with Crippen molar-refractivity contribution in [1.29, 1.82) is 0 Å². The summed E-state index contributed by atoms with van der Waals surface area (Å²) in [7, 11) is 1.92. The molecule has 2 aromatic rings. The van der Waals surface area contributed by atoms with Crippen molar-refractivity contribution in [2.75, 3.05) is 13.6 Å². The predicted molar refractivity (Wildman–Crippen MR) is 119 cm³/mol. The van der Waals surface area contributed by atoms with Gasteiger partial charge in [-0.3, -0.25) is 9.59 Å². The number of carbonyl (C=O) groups excluding carboxylic acids is 2. The van der Waals surface area contributed by atoms with E-state index < -0.39 is 5.41 Å². The lowest BCUT2D eigenvalue weighted by Gasteiger charge is -2.52. The fourth-order valence-electron chi connectivity index (χ4n) is 5.45. The number of likely N-dealkylation sites (tertiary alicyclic amines) is 1. The first-order chi connectivity index (χ1) is 14.6. The number of amides is 2. The Balaban J connectivity index is 1.53. The third-order valence-corrected chi connectivity index (χ3v) is 6.99. The first-order valence-electron chi connectivity index (χ1n) is 11.2. The van der Waals surface area contributed by atoms with Gasteiger partial charge in [0.05, 0.1) is 5.41 Å². The molecule has 4 nitrogen and oxygen atoms in total. The van der Waals surface area contributed by atoms with E-state index in [2.05, 4.69) is 24.3 Å². The van der Waals surface area contributed by atoms with Crippen molar-refractivity contribution in [3.8, 4) is 0 Å². The zero-order valence-corrected chi connectivity index (χ0v) is 17.9. The minimum Gasteiger partial charge on any atom is -0.341 e. The first-order valence-corrected chi connectivity index (χ1v) is 11.2. The van der Waals surface area contributed by atoms with Gasteiger partial charge in [0.1, 0.15) is 0 Å². The lowest BCUT2D eigenvalue weighted by atomic mass is 9.64. The van der Waals surface area contributed by atoms with Crippen LogP contribution in [0.2, 0.25) is 0 Å². The molecule has 4 heteroatoms. The summed E-state index contributed by atoms with van der Waals surface area (Å²) >= 11 is 0. The molecule has 0 aromatic heterocycles. The predicted octanol–water partition coefficient (Wildman–Crippen LogP) is 4.44. The van der Waals surface area contributed by atoms with E-state index in [1.165, 1.54) is 5.56 Å². The summed E-state index contributed by atoms with van der Waals surface area (Å²) in [4.78, 5) is 30.6. The Bertz CT molecular complexity index is 867. The monoisotopic (exact) mass is 404 g/mol. The summed E-state index contributed by atoms with van der Waals surface area (Å²) in [5.41, 5.74) is 1.96. The molecule has 2 amide bonds. The molecule has 0 N–H and O–H groups in total. The third-order valence-electron chi connectivity index (χ3n) is 6.99. The molecule has 1 heterocycles. The van der Waals surface area contributed by atoms with Crippen LogP contribution in [-0.2, 0) is 22.6 Å². The van der Waals surface area contributed by atoms with Crippen molar-refractivity contribution < 1.29 is 9.59 Å². The Hall–Kier alpha value is -2.62. The van der Waals surface area contributed by atoms with Gasteiger partial charge in [-0.2, -0.15) is 0 Å². The maximum absolute atomic E-state index is 13.8. The highest BCUT2D eigenvalue weighted by Gasteiger charge is 2.53. The van der Waals surface area contributed by atoms with Gasteiger partial charge in [0.25, 0.3) is 0 Å². The Labute approximate surface area is 179 Å². The molecule has 0 bridgehead atoms. The van der Waals surface area contributed by atoms with E-state index in [4.69, 9.17) is 0 Å². The van der Waals surface area contributed by atoms with Gasteiger partial charge in [-0.05, 0) is 36.8 Å². The van der Waals surface area contributed by atoms with Crippen molar-refractivity contribution in [3.63, 3.8) is 0 Å². The van der Waals surface area contributed by atoms with Gasteiger partial charge in [-0.1, -0.05) is 73.5 Å². The molecule has 4 rings (SSSR count). The van der Waals surface area contributed by atoms with Crippen molar-refractivity contribution in [3.05, 3.63) is 71.8 Å². The second kappa shape index (κ2) is 9.03. The van der Waals surface area contributed by atoms with Gasteiger partial charge in [0.2, 0.25) is 11.8 Å². The molecule has 158 valence electrons. The minimum absolute atomic E-state index is 0.0296. The quantitative estimate of drug-likeness (QED) is 0.714. The molecule has 0 unspecified atom stereocenters. The number of benzene rings is 2. The van der Waals surface area contributed by atoms with E-state index in [1.54, 1.807) is 0 Å². The molecule has 0 spiro atoms. The molecule has 1 aliphatic heterocycles. The first kappa shape index (κ1) is 20.6. The zero-order valence-electron chi connectivity index (χ0n) is 17.9. The van der Waals surface area contributed by atoms with Crippen LogP contribution in [-0.4, -0.2) is 41.2 Å². The highest BCUT2D eigenvalue weighted by molar-refractivity contribution is 5.88. The molecule has 2 aliphatic rings. The van der Waals surface area contributed by atoms with Crippen LogP contribution in [0.1, 0.15) is 49.7 Å². The molecule has 1 aliphatic carbocycles. The number of hydrogen-bond donors (Lipinski definition) is 0. The lowest BCUT2D eigenvalue weighted by Crippen LogP contribution is -2.62. The average Bonchev–Trinajstić information content (AvgIpc) is 2.79. The van der Waals surface area contributed by atoms with Gasteiger partial charge in [-0.15, -0.1) is 0 Å². The maximum atomic E-state index is 13.8. The van der Waals surface area contributed by atoms with Crippen molar-refractivity contribution in [2.24, 2.45) is 5.41 Å². The summed E-state index contributed by atoms with van der Waals surface area (Å²) in [5.74, 6) is 0.431. The van der Waals surface area contributed by atoms with Crippen LogP contribution in [0.4, 0.5) is 0 Å². The maximum Gasteiger partial charge on any atom is 0.230 e. The molecule has 2 aromatic carbocycles. The average molecular weight is 405 g/mol. The highest BCUT2D eigenvalue weighted by Crippen LogP contribution is 2.47. The molecule has 2 atom stereocenters. The number of fused-ring (bicyclic) bond motifs is 1. The van der Waals surface area contributed by atoms with Crippen molar-refractivity contribution >= 4 is 11.8 Å². The van der Waals surface area contributed by atoms with E-state index in [-0.39, 0.29) is 17.9 Å². The summed E-state index contributed by atoms with van der Waals surface area (Å²) in [6.07, 6.45) is 6.01. The lowest BCUT2D eigenvalue weighted by molar-refractivity contribution is -0.161. The van der Waals surface area contributed by atoms with Gasteiger partial charge >= 0.3 is 0 Å². The standard InChI is InChI=1S/C26H32N2O2/c1-27(20-22-12-6-3-7-13-22)25(30)26-17-9-8-14-23(26)28(24(29)15-18-26)19-16-21-10-4-2-5-11-21/h2-7,10-13,23H,8-9,14-20H2,1H3/t23-,26-/m1/s1. The second-order valence-corrected chi connectivity index (χ2v) is 8.89. The second-order valence-electron chi connectivity index (χ2n) is 8.89. The Morgan fingerprint density at radius 1 is 1.00 bits per heavy atom. The smallest absolute Gasteiger partial charge is 0.230 e.